The van der Waals surface area contributed by atoms with E-state index < -0.39 is 9.84 Å². The maximum Gasteiger partial charge on any atom is 0.177 e. The number of nitrogens with one attached hydrogen (secondary N) is 1. The molecule has 5 nitrogen and oxygen atoms in total. The Morgan fingerprint density at radius 1 is 1.29 bits per heavy atom. The Kier molecular flexibility index (Phi) is 4.49. The summed E-state index contributed by atoms with van der Waals surface area (Å²) in [6.45, 7) is 0.775. The van der Waals surface area contributed by atoms with Crippen molar-refractivity contribution in [2.75, 3.05) is 37.9 Å². The van der Waals surface area contributed by atoms with Crippen LogP contribution in [0.2, 0.25) is 0 Å². The standard InChI is InChI=1S/C15H25N3O2S/c1-18(2)15(9-4-5-10-15)11-17-12-7-6-8-13(14(12)16)21(3,19)20/h6-8,17H,4-5,9-11,16H2,1-3H3. The summed E-state index contributed by atoms with van der Waals surface area (Å²) in [6.07, 6.45) is 5.95. The molecule has 1 saturated carbocycles. The number of benzene rings is 1. The Labute approximate surface area is 127 Å². The van der Waals surface area contributed by atoms with Crippen LogP contribution in [0, 0.1) is 0 Å². The summed E-state index contributed by atoms with van der Waals surface area (Å²) in [4.78, 5) is 2.46. The minimum atomic E-state index is -3.30. The monoisotopic (exact) mass is 311 g/mol. The van der Waals surface area contributed by atoms with Gasteiger partial charge in [0.05, 0.1) is 16.3 Å². The maximum atomic E-state index is 11.7. The summed E-state index contributed by atoms with van der Waals surface area (Å²) in [5, 5.41) is 3.36. The second-order valence-corrected chi connectivity index (χ2v) is 8.15. The third-order valence-electron chi connectivity index (χ3n) is 4.56. The van der Waals surface area contributed by atoms with Crippen molar-refractivity contribution in [2.24, 2.45) is 0 Å². The topological polar surface area (TPSA) is 75.4 Å². The van der Waals surface area contributed by atoms with Crippen LogP contribution < -0.4 is 11.1 Å². The van der Waals surface area contributed by atoms with Gasteiger partial charge in [-0.25, -0.2) is 8.42 Å². The summed E-state index contributed by atoms with van der Waals surface area (Å²) < 4.78 is 23.4. The van der Waals surface area contributed by atoms with E-state index in [1.807, 2.05) is 6.07 Å². The third kappa shape index (κ3) is 3.32. The minimum Gasteiger partial charge on any atom is -0.396 e. The molecule has 2 rings (SSSR count). The number of para-hydroxylation sites is 1. The lowest BCUT2D eigenvalue weighted by Crippen LogP contribution is -2.47. The first-order chi connectivity index (χ1) is 9.76. The van der Waals surface area contributed by atoms with Crippen LogP contribution in [0.5, 0.6) is 0 Å². The lowest BCUT2D eigenvalue weighted by Gasteiger charge is -2.37. The molecule has 0 amide bonds. The molecule has 0 radical (unpaired) electrons. The van der Waals surface area contributed by atoms with Crippen LogP contribution in [0.1, 0.15) is 25.7 Å². The molecule has 1 fully saturated rings. The zero-order chi connectivity index (χ0) is 15.7. The van der Waals surface area contributed by atoms with Crippen molar-refractivity contribution in [3.05, 3.63) is 18.2 Å². The van der Waals surface area contributed by atoms with E-state index in [2.05, 4.69) is 24.3 Å². The molecule has 1 aromatic carbocycles. The fraction of sp³-hybridized carbons (Fsp3) is 0.600. The van der Waals surface area contributed by atoms with E-state index in [-0.39, 0.29) is 10.4 Å². The maximum absolute atomic E-state index is 11.7. The zero-order valence-electron chi connectivity index (χ0n) is 13.0. The number of rotatable bonds is 5. The van der Waals surface area contributed by atoms with Crippen molar-refractivity contribution >= 4 is 21.2 Å². The van der Waals surface area contributed by atoms with Gasteiger partial charge in [0, 0.05) is 18.3 Å². The number of hydrogen-bond acceptors (Lipinski definition) is 5. The Balaban J connectivity index is 2.21. The van der Waals surface area contributed by atoms with E-state index >= 15 is 0 Å². The molecule has 0 unspecified atom stereocenters. The lowest BCUT2D eigenvalue weighted by atomic mass is 9.96. The van der Waals surface area contributed by atoms with Crippen LogP contribution >= 0.6 is 0 Å². The number of sulfone groups is 1. The number of nitrogens with zero attached hydrogens (tertiary/aromatic N) is 1. The summed E-state index contributed by atoms with van der Waals surface area (Å²) in [7, 11) is 0.901. The highest BCUT2D eigenvalue weighted by Crippen LogP contribution is 2.35. The van der Waals surface area contributed by atoms with Crippen LogP contribution in [0.3, 0.4) is 0 Å². The second kappa shape index (κ2) is 5.85. The summed E-state index contributed by atoms with van der Waals surface area (Å²) in [5.74, 6) is 0. The Morgan fingerprint density at radius 2 is 1.90 bits per heavy atom. The summed E-state index contributed by atoms with van der Waals surface area (Å²) >= 11 is 0. The molecular formula is C15H25N3O2S. The van der Waals surface area contributed by atoms with E-state index in [1.165, 1.54) is 19.1 Å². The number of nitrogen functional groups attached to an aromatic ring is 1. The van der Waals surface area contributed by atoms with Crippen molar-refractivity contribution in [1.82, 2.24) is 4.90 Å². The zero-order valence-corrected chi connectivity index (χ0v) is 13.8. The number of hydrogen-bond donors (Lipinski definition) is 2. The average Bonchev–Trinajstić information content (AvgIpc) is 2.86. The van der Waals surface area contributed by atoms with Gasteiger partial charge >= 0.3 is 0 Å². The van der Waals surface area contributed by atoms with Crippen molar-refractivity contribution in [1.29, 1.82) is 0 Å². The molecule has 1 aliphatic carbocycles. The molecule has 0 aromatic heterocycles. The van der Waals surface area contributed by atoms with Gasteiger partial charge in [0.25, 0.3) is 0 Å². The van der Waals surface area contributed by atoms with Crippen LogP contribution in [0.4, 0.5) is 11.4 Å². The predicted octanol–water partition coefficient (Wildman–Crippen LogP) is 1.96. The van der Waals surface area contributed by atoms with Gasteiger partial charge in [0.1, 0.15) is 0 Å². The molecule has 1 aliphatic rings. The van der Waals surface area contributed by atoms with E-state index in [9.17, 15) is 8.42 Å². The molecule has 0 aliphatic heterocycles. The summed E-state index contributed by atoms with van der Waals surface area (Å²) in [5.41, 5.74) is 7.16. The van der Waals surface area contributed by atoms with Crippen LogP contribution in [0.25, 0.3) is 0 Å². The summed E-state index contributed by atoms with van der Waals surface area (Å²) in [6, 6.07) is 5.11. The SMILES string of the molecule is CN(C)C1(CNc2cccc(S(C)(=O)=O)c2N)CCCC1. The number of anilines is 2. The van der Waals surface area contributed by atoms with Gasteiger partial charge in [-0.15, -0.1) is 0 Å². The molecule has 21 heavy (non-hydrogen) atoms. The molecule has 0 heterocycles. The van der Waals surface area contributed by atoms with Crippen molar-refractivity contribution in [3.63, 3.8) is 0 Å². The Hall–Kier alpha value is -1.27. The number of likely N-dealkylation sites (N-methyl/N-ethyl adjacent to an activating group) is 1. The van der Waals surface area contributed by atoms with E-state index in [0.717, 1.165) is 19.4 Å². The first kappa shape index (κ1) is 16.1. The molecule has 0 bridgehead atoms. The normalized spacial score (nSPS) is 18.1. The molecule has 1 aromatic rings. The lowest BCUT2D eigenvalue weighted by molar-refractivity contribution is 0.172. The fourth-order valence-corrected chi connectivity index (χ4v) is 3.93. The van der Waals surface area contributed by atoms with Crippen molar-refractivity contribution in [2.45, 2.75) is 36.1 Å². The van der Waals surface area contributed by atoms with E-state index in [1.54, 1.807) is 12.1 Å². The third-order valence-corrected chi connectivity index (χ3v) is 5.71. The average molecular weight is 311 g/mol. The van der Waals surface area contributed by atoms with Crippen molar-refractivity contribution < 1.29 is 8.42 Å². The number of nitrogens with two attached hydrogens (primary N) is 1. The highest BCUT2D eigenvalue weighted by molar-refractivity contribution is 7.90. The highest BCUT2D eigenvalue weighted by atomic mass is 32.2. The molecule has 3 N–H and O–H groups in total. The van der Waals surface area contributed by atoms with Gasteiger partial charge in [-0.1, -0.05) is 18.9 Å². The largest absolute Gasteiger partial charge is 0.396 e. The first-order valence-electron chi connectivity index (χ1n) is 7.26. The molecule has 6 heteroatoms. The van der Waals surface area contributed by atoms with Crippen LogP contribution in [0.15, 0.2) is 23.1 Å². The van der Waals surface area contributed by atoms with E-state index in [0.29, 0.717) is 11.4 Å². The Bertz CT molecular complexity index is 605. The molecular weight excluding hydrogens is 286 g/mol. The van der Waals surface area contributed by atoms with Gasteiger partial charge in [-0.2, -0.15) is 0 Å². The minimum absolute atomic E-state index is 0.132. The van der Waals surface area contributed by atoms with Crippen LogP contribution in [-0.4, -0.2) is 45.8 Å². The first-order valence-corrected chi connectivity index (χ1v) is 9.15. The molecule has 0 atom stereocenters. The van der Waals surface area contributed by atoms with Gasteiger partial charge in [0.2, 0.25) is 0 Å². The van der Waals surface area contributed by atoms with E-state index in [4.69, 9.17) is 5.73 Å². The highest BCUT2D eigenvalue weighted by Gasteiger charge is 2.35. The van der Waals surface area contributed by atoms with Gasteiger partial charge in [0.15, 0.2) is 9.84 Å². The van der Waals surface area contributed by atoms with Crippen LogP contribution in [-0.2, 0) is 9.84 Å². The Morgan fingerprint density at radius 3 is 2.43 bits per heavy atom. The van der Waals surface area contributed by atoms with Gasteiger partial charge < -0.3 is 16.0 Å². The second-order valence-electron chi connectivity index (χ2n) is 6.17. The fourth-order valence-electron chi connectivity index (χ4n) is 3.10. The molecule has 0 spiro atoms. The van der Waals surface area contributed by atoms with Gasteiger partial charge in [-0.3, -0.25) is 0 Å². The quantitative estimate of drug-likeness (QED) is 0.813. The predicted molar refractivity (Wildman–Crippen MR) is 87.3 cm³/mol. The molecule has 118 valence electrons. The van der Waals surface area contributed by atoms with Gasteiger partial charge in [-0.05, 0) is 39.1 Å². The smallest absolute Gasteiger partial charge is 0.177 e. The molecule has 0 saturated heterocycles. The van der Waals surface area contributed by atoms with Crippen molar-refractivity contribution in [3.8, 4) is 0 Å².